The van der Waals surface area contributed by atoms with Crippen molar-refractivity contribution < 1.29 is 4.39 Å². The summed E-state index contributed by atoms with van der Waals surface area (Å²) < 4.78 is 13.1. The zero-order valence-corrected chi connectivity index (χ0v) is 13.0. The van der Waals surface area contributed by atoms with Gasteiger partial charge in [-0.2, -0.15) is 0 Å². The summed E-state index contributed by atoms with van der Waals surface area (Å²) in [6, 6.07) is 5.64. The van der Waals surface area contributed by atoms with Gasteiger partial charge in [0, 0.05) is 25.2 Å². The number of hydrogen-bond acceptors (Lipinski definition) is 2. The molecule has 19 heavy (non-hydrogen) atoms. The Morgan fingerprint density at radius 1 is 1.37 bits per heavy atom. The van der Waals surface area contributed by atoms with Crippen LogP contribution in [0.25, 0.3) is 0 Å². The molecule has 0 fully saturated rings. The molecule has 0 aliphatic carbocycles. The Hall–Kier alpha value is -0.640. The van der Waals surface area contributed by atoms with E-state index in [0.717, 1.165) is 25.1 Å². The minimum atomic E-state index is -0.367. The molecule has 4 heteroatoms. The van der Waals surface area contributed by atoms with Crippen LogP contribution in [-0.2, 0) is 0 Å². The van der Waals surface area contributed by atoms with E-state index in [0.29, 0.717) is 6.04 Å². The average Bonchev–Trinajstić information content (AvgIpc) is 2.40. The number of nitrogens with one attached hydrogen (secondary N) is 1. The topological polar surface area (TPSA) is 15.3 Å². The van der Waals surface area contributed by atoms with Crippen LogP contribution in [0.5, 0.6) is 0 Å². The maximum absolute atomic E-state index is 13.1. The van der Waals surface area contributed by atoms with Gasteiger partial charge in [0.2, 0.25) is 0 Å². The Labute approximate surface area is 120 Å². The summed E-state index contributed by atoms with van der Waals surface area (Å²) in [5, 5.41) is 3.62. The largest absolute Gasteiger partial charge is 0.309 e. The molecular formula is C15H24ClFN2. The second kappa shape index (κ2) is 7.83. The van der Waals surface area contributed by atoms with E-state index in [1.807, 2.05) is 0 Å². The number of rotatable bonds is 7. The van der Waals surface area contributed by atoms with Crippen molar-refractivity contribution in [1.29, 1.82) is 0 Å². The van der Waals surface area contributed by atoms with Gasteiger partial charge in [-0.25, -0.2) is 4.39 Å². The quantitative estimate of drug-likeness (QED) is 0.819. The fourth-order valence-corrected chi connectivity index (χ4v) is 2.08. The van der Waals surface area contributed by atoms with Gasteiger partial charge in [-0.15, -0.1) is 0 Å². The van der Waals surface area contributed by atoms with Gasteiger partial charge in [0.15, 0.2) is 0 Å². The Kier molecular flexibility index (Phi) is 6.76. The van der Waals surface area contributed by atoms with Gasteiger partial charge in [-0.05, 0) is 45.0 Å². The Bertz CT molecular complexity index is 398. The molecule has 0 spiro atoms. The van der Waals surface area contributed by atoms with Crippen molar-refractivity contribution in [2.24, 2.45) is 0 Å². The van der Waals surface area contributed by atoms with Crippen LogP contribution in [0.1, 0.15) is 38.8 Å². The smallest absolute Gasteiger partial charge is 0.141 e. The van der Waals surface area contributed by atoms with Crippen molar-refractivity contribution in [3.05, 3.63) is 34.6 Å². The predicted molar refractivity (Wildman–Crippen MR) is 80.2 cm³/mol. The lowest BCUT2D eigenvalue weighted by molar-refractivity contribution is 0.249. The SMILES string of the molecule is CCC(C)N(C)CCNC(C)c1ccc(F)c(Cl)c1. The number of benzene rings is 1. The van der Waals surface area contributed by atoms with Gasteiger partial charge >= 0.3 is 0 Å². The molecule has 108 valence electrons. The summed E-state index contributed by atoms with van der Waals surface area (Å²) in [7, 11) is 2.13. The predicted octanol–water partition coefficient (Wildman–Crippen LogP) is 3.86. The van der Waals surface area contributed by atoms with E-state index in [-0.39, 0.29) is 16.9 Å². The fourth-order valence-electron chi connectivity index (χ4n) is 1.89. The molecule has 0 saturated carbocycles. The Balaban J connectivity index is 2.43. The molecule has 0 aliphatic rings. The second-order valence-electron chi connectivity index (χ2n) is 5.09. The molecule has 0 radical (unpaired) electrons. The van der Waals surface area contributed by atoms with Crippen LogP contribution in [-0.4, -0.2) is 31.1 Å². The van der Waals surface area contributed by atoms with Crippen molar-refractivity contribution in [3.63, 3.8) is 0 Å². The lowest BCUT2D eigenvalue weighted by Gasteiger charge is -2.24. The maximum atomic E-state index is 13.1. The molecule has 1 aromatic carbocycles. The van der Waals surface area contributed by atoms with Crippen LogP contribution < -0.4 is 5.32 Å². The molecule has 1 aromatic rings. The molecule has 1 rings (SSSR count). The fraction of sp³-hybridized carbons (Fsp3) is 0.600. The summed E-state index contributed by atoms with van der Waals surface area (Å²) in [5.74, 6) is -0.367. The number of likely N-dealkylation sites (N-methyl/N-ethyl adjacent to an activating group) is 1. The molecule has 1 N–H and O–H groups in total. The summed E-state index contributed by atoms with van der Waals surface area (Å²) in [5.41, 5.74) is 1.01. The highest BCUT2D eigenvalue weighted by molar-refractivity contribution is 6.30. The first-order valence-corrected chi connectivity index (χ1v) is 7.22. The van der Waals surface area contributed by atoms with Crippen molar-refractivity contribution in [2.45, 2.75) is 39.3 Å². The van der Waals surface area contributed by atoms with Gasteiger partial charge in [-0.3, -0.25) is 0 Å². The van der Waals surface area contributed by atoms with Crippen molar-refractivity contribution >= 4 is 11.6 Å². The average molecular weight is 287 g/mol. The van der Waals surface area contributed by atoms with Gasteiger partial charge < -0.3 is 10.2 Å². The summed E-state index contributed by atoms with van der Waals surface area (Å²) >= 11 is 5.79. The van der Waals surface area contributed by atoms with E-state index in [1.165, 1.54) is 6.07 Å². The lowest BCUT2D eigenvalue weighted by atomic mass is 10.1. The molecule has 2 nitrogen and oxygen atoms in total. The minimum absolute atomic E-state index is 0.170. The molecule has 0 heterocycles. The number of nitrogens with zero attached hydrogens (tertiary/aromatic N) is 1. The highest BCUT2D eigenvalue weighted by Crippen LogP contribution is 2.20. The first-order chi connectivity index (χ1) is 8.95. The molecular weight excluding hydrogens is 263 g/mol. The van der Waals surface area contributed by atoms with E-state index in [1.54, 1.807) is 12.1 Å². The van der Waals surface area contributed by atoms with Gasteiger partial charge in [-0.1, -0.05) is 24.6 Å². The summed E-state index contributed by atoms with van der Waals surface area (Å²) in [4.78, 5) is 2.33. The molecule has 2 atom stereocenters. The van der Waals surface area contributed by atoms with E-state index in [4.69, 9.17) is 11.6 Å². The third-order valence-corrected chi connectivity index (χ3v) is 3.99. The monoisotopic (exact) mass is 286 g/mol. The van der Waals surface area contributed by atoms with E-state index in [9.17, 15) is 4.39 Å². The summed E-state index contributed by atoms with van der Waals surface area (Å²) in [6.45, 7) is 8.37. The van der Waals surface area contributed by atoms with Gasteiger partial charge in [0.1, 0.15) is 5.82 Å². The van der Waals surface area contributed by atoms with Crippen LogP contribution in [0.4, 0.5) is 4.39 Å². The number of halogens is 2. The molecule has 0 saturated heterocycles. The first-order valence-electron chi connectivity index (χ1n) is 6.84. The first kappa shape index (κ1) is 16.4. The van der Waals surface area contributed by atoms with E-state index < -0.39 is 0 Å². The molecule has 0 bridgehead atoms. The lowest BCUT2D eigenvalue weighted by Crippen LogP contribution is -2.35. The van der Waals surface area contributed by atoms with Crippen molar-refractivity contribution in [1.82, 2.24) is 10.2 Å². The zero-order chi connectivity index (χ0) is 14.4. The molecule has 0 amide bonds. The third-order valence-electron chi connectivity index (χ3n) is 3.70. The Morgan fingerprint density at radius 3 is 2.63 bits per heavy atom. The van der Waals surface area contributed by atoms with Crippen LogP contribution in [0.15, 0.2) is 18.2 Å². The molecule has 0 aromatic heterocycles. The minimum Gasteiger partial charge on any atom is -0.309 e. The van der Waals surface area contributed by atoms with Crippen molar-refractivity contribution in [3.8, 4) is 0 Å². The molecule has 2 unspecified atom stereocenters. The molecule has 0 aliphatic heterocycles. The number of hydrogen-bond donors (Lipinski definition) is 1. The van der Waals surface area contributed by atoms with Crippen LogP contribution in [0.2, 0.25) is 5.02 Å². The normalized spacial score (nSPS) is 14.7. The van der Waals surface area contributed by atoms with Crippen LogP contribution in [0.3, 0.4) is 0 Å². The highest BCUT2D eigenvalue weighted by Gasteiger charge is 2.09. The van der Waals surface area contributed by atoms with Crippen LogP contribution in [0, 0.1) is 5.82 Å². The summed E-state index contributed by atoms with van der Waals surface area (Å²) in [6.07, 6.45) is 1.15. The highest BCUT2D eigenvalue weighted by atomic mass is 35.5. The maximum Gasteiger partial charge on any atom is 0.141 e. The van der Waals surface area contributed by atoms with Crippen molar-refractivity contribution in [2.75, 3.05) is 20.1 Å². The van der Waals surface area contributed by atoms with E-state index in [2.05, 4.69) is 38.0 Å². The zero-order valence-electron chi connectivity index (χ0n) is 12.2. The third kappa shape index (κ3) is 5.09. The van der Waals surface area contributed by atoms with Gasteiger partial charge in [0.05, 0.1) is 5.02 Å². The van der Waals surface area contributed by atoms with Gasteiger partial charge in [0.25, 0.3) is 0 Å². The second-order valence-corrected chi connectivity index (χ2v) is 5.49. The standard InChI is InChI=1S/C15H24ClFN2/c1-5-11(2)19(4)9-8-18-12(3)13-6-7-15(17)14(16)10-13/h6-7,10-12,18H,5,8-9H2,1-4H3. The Morgan fingerprint density at radius 2 is 2.05 bits per heavy atom. The van der Waals surface area contributed by atoms with Crippen LogP contribution >= 0.6 is 11.6 Å². The van der Waals surface area contributed by atoms with E-state index >= 15 is 0 Å².